The third-order valence-electron chi connectivity index (χ3n) is 13.1. The van der Waals surface area contributed by atoms with Crippen LogP contribution in [0.1, 0.15) is 87.9 Å². The number of piperidine rings is 2. The van der Waals surface area contributed by atoms with Gasteiger partial charge in [-0.3, -0.25) is 14.6 Å². The van der Waals surface area contributed by atoms with Crippen LogP contribution in [0.2, 0.25) is 5.28 Å². The summed E-state index contributed by atoms with van der Waals surface area (Å²) in [6.45, 7) is 10.1. The second-order valence-electron chi connectivity index (χ2n) is 19.0. The second kappa shape index (κ2) is 22.3. The normalized spacial score (nSPS) is 16.2. The quantitative estimate of drug-likeness (QED) is 0.129. The summed E-state index contributed by atoms with van der Waals surface area (Å²) in [6, 6.07) is 20.2. The first kappa shape index (κ1) is 50.2. The van der Waals surface area contributed by atoms with E-state index in [2.05, 4.69) is 84.7 Å². The monoisotopic (exact) mass is 975 g/mol. The van der Waals surface area contributed by atoms with E-state index in [1.54, 1.807) is 35.8 Å². The molecule has 0 bridgehead atoms. The Bertz CT molecular complexity index is 3100. The van der Waals surface area contributed by atoms with Gasteiger partial charge in [0, 0.05) is 90.7 Å². The van der Waals surface area contributed by atoms with Gasteiger partial charge in [-0.2, -0.15) is 10.2 Å². The molecular weight excluding hydrogens is 914 g/mol. The van der Waals surface area contributed by atoms with Gasteiger partial charge in [-0.05, 0) is 125 Å². The van der Waals surface area contributed by atoms with E-state index < -0.39 is 0 Å². The molecule has 0 spiro atoms. The number of aromatic nitrogens is 10. The molecule has 2 aliphatic heterocycles. The molecule has 2 fully saturated rings. The van der Waals surface area contributed by atoms with Crippen molar-refractivity contribution in [1.29, 1.82) is 0 Å². The topological polar surface area (TPSA) is 185 Å². The van der Waals surface area contributed by atoms with Crippen LogP contribution in [0.4, 0.5) is 17.2 Å². The largest absolute Gasteiger partial charge is 0.384 e. The van der Waals surface area contributed by atoms with Crippen molar-refractivity contribution in [3.8, 4) is 22.5 Å². The van der Waals surface area contributed by atoms with Crippen LogP contribution in [0.25, 0.3) is 33.5 Å². The van der Waals surface area contributed by atoms with E-state index in [0.717, 1.165) is 70.0 Å². The highest BCUT2D eigenvalue weighted by molar-refractivity contribution is 6.28. The number of hydrogen-bond donors (Lipinski definition) is 1. The van der Waals surface area contributed by atoms with Gasteiger partial charge in [-0.25, -0.2) is 34.0 Å². The number of rotatable bonds is 10. The molecule has 10 rings (SSSR count). The molecule has 17 nitrogen and oxygen atoms in total. The van der Waals surface area contributed by atoms with Gasteiger partial charge in [0.15, 0.2) is 0 Å². The van der Waals surface area contributed by atoms with Gasteiger partial charge >= 0.3 is 0 Å². The molecule has 368 valence electrons. The number of carbonyl (C=O) groups is 2. The fraction of sp³-hybridized carbons (Fsp3) is 0.358. The number of anilines is 3. The summed E-state index contributed by atoms with van der Waals surface area (Å²) in [5, 5.41) is 9.06. The zero-order valence-corrected chi connectivity index (χ0v) is 42.4. The van der Waals surface area contributed by atoms with Gasteiger partial charge < -0.3 is 25.3 Å². The maximum atomic E-state index is 12.6. The van der Waals surface area contributed by atoms with Gasteiger partial charge in [0.05, 0.1) is 65.0 Å². The minimum atomic E-state index is 0.149. The number of fused-ring (bicyclic) bond motifs is 2. The molecule has 0 saturated carbocycles. The summed E-state index contributed by atoms with van der Waals surface area (Å²) in [4.78, 5) is 58.6. The molecule has 2 atom stereocenters. The molecule has 18 heteroatoms. The lowest BCUT2D eigenvalue weighted by Crippen LogP contribution is -2.45. The van der Waals surface area contributed by atoms with Crippen molar-refractivity contribution in [3.63, 3.8) is 0 Å². The summed E-state index contributed by atoms with van der Waals surface area (Å²) in [7, 11) is 8.08. The average molecular weight is 977 g/mol. The molecule has 2 unspecified atom stereocenters. The zero-order valence-electron chi connectivity index (χ0n) is 41.7. The molecule has 10 heterocycles. The number of halogens is 1. The third-order valence-corrected chi connectivity index (χ3v) is 13.2. The fourth-order valence-corrected chi connectivity index (χ4v) is 8.96. The summed E-state index contributed by atoms with van der Waals surface area (Å²) in [5.41, 5.74) is 16.5. The Labute approximate surface area is 419 Å². The Morgan fingerprint density at radius 2 is 1.14 bits per heavy atom. The summed E-state index contributed by atoms with van der Waals surface area (Å²) in [5.74, 6) is 2.32. The highest BCUT2D eigenvalue weighted by atomic mass is 35.5. The smallest absolute Gasteiger partial charge is 0.228 e. The Morgan fingerprint density at radius 3 is 1.59 bits per heavy atom. The Morgan fingerprint density at radius 1 is 0.634 bits per heavy atom. The molecule has 2 amide bonds. The van der Waals surface area contributed by atoms with E-state index in [9.17, 15) is 9.59 Å². The summed E-state index contributed by atoms with van der Waals surface area (Å²) < 4.78 is 3.78. The number of carbonyl (C=O) groups excluding carboxylic acids is 2. The predicted octanol–water partition coefficient (Wildman–Crippen LogP) is 8.25. The number of nitrogens with two attached hydrogens (primary N) is 1. The van der Waals surface area contributed by atoms with E-state index in [1.807, 2.05) is 109 Å². The van der Waals surface area contributed by atoms with Gasteiger partial charge in [-0.1, -0.05) is 27.7 Å². The molecule has 2 saturated heterocycles. The van der Waals surface area contributed by atoms with Crippen molar-refractivity contribution in [2.75, 3.05) is 56.8 Å². The number of amides is 2. The van der Waals surface area contributed by atoms with Crippen LogP contribution in [0.5, 0.6) is 0 Å². The lowest BCUT2D eigenvalue weighted by atomic mass is 10.0. The van der Waals surface area contributed by atoms with Crippen molar-refractivity contribution in [2.24, 2.45) is 0 Å². The van der Waals surface area contributed by atoms with Gasteiger partial charge in [0.25, 0.3) is 0 Å². The summed E-state index contributed by atoms with van der Waals surface area (Å²) in [6.07, 6.45) is 18.2. The van der Waals surface area contributed by atoms with Gasteiger partial charge in [0.1, 0.15) is 11.6 Å². The molecular formula is C53H62ClN15O2. The highest BCUT2D eigenvalue weighted by Gasteiger charge is 2.29. The second-order valence-corrected chi connectivity index (χ2v) is 19.3. The fourth-order valence-electron chi connectivity index (χ4n) is 8.81. The van der Waals surface area contributed by atoms with Crippen LogP contribution in [-0.4, -0.2) is 124 Å². The lowest BCUT2D eigenvalue weighted by molar-refractivity contribution is -0.121. The first-order valence-electron chi connectivity index (χ1n) is 24.0. The SMILES string of the molecule is CC(C)c1cnn2ccc(-c3ccnc(Cc4ccc(N5CCC(N(C)C)CC5=O)cn4)n3)cc12.CC(C)c1cnn2ccc(-c3ccnc(Cl)n3)cc12.CN(C)C1CCN(c2ccc(N)nc2)C(=O)C1. The highest BCUT2D eigenvalue weighted by Crippen LogP contribution is 2.28. The summed E-state index contributed by atoms with van der Waals surface area (Å²) >= 11 is 5.83. The average Bonchev–Trinajstić information content (AvgIpc) is 4.00. The first-order chi connectivity index (χ1) is 34.1. The molecule has 0 aliphatic carbocycles. The molecule has 8 aromatic rings. The van der Waals surface area contributed by atoms with Crippen molar-refractivity contribution in [1.82, 2.24) is 58.9 Å². The number of pyridine rings is 4. The number of nitrogens with zero attached hydrogens (tertiary/aromatic N) is 14. The van der Waals surface area contributed by atoms with Crippen molar-refractivity contribution in [3.05, 3.63) is 138 Å². The van der Waals surface area contributed by atoms with Crippen molar-refractivity contribution >= 4 is 51.6 Å². The maximum absolute atomic E-state index is 12.6. The minimum absolute atomic E-state index is 0.149. The first-order valence-corrected chi connectivity index (χ1v) is 24.4. The molecule has 2 aliphatic rings. The molecule has 2 N–H and O–H groups in total. The van der Waals surface area contributed by atoms with Crippen LogP contribution in [0, 0.1) is 0 Å². The molecule has 0 aromatic carbocycles. The maximum Gasteiger partial charge on any atom is 0.228 e. The van der Waals surface area contributed by atoms with Gasteiger partial charge in [0.2, 0.25) is 17.1 Å². The van der Waals surface area contributed by atoms with E-state index in [0.29, 0.717) is 61.4 Å². The van der Waals surface area contributed by atoms with Crippen molar-refractivity contribution < 1.29 is 9.59 Å². The van der Waals surface area contributed by atoms with E-state index >= 15 is 0 Å². The Hall–Kier alpha value is -7.21. The standard InChI is InChI=1S/C27H31N7O.C14H13ClN4.C12H18N4O/c1-18(2)23-17-30-34-12-8-19(13-25(23)34)24-7-10-28-26(31-24)14-20-5-6-22(16-29-20)33-11-9-21(32(3)4)15-27(33)35;1-9(2)11-8-17-19-6-4-10(7-13(11)19)12-3-5-16-14(15)18-12;1-15(2)9-5-6-16(12(17)7-9)10-3-4-11(13)14-8-10/h5-8,10,12-13,16-18,21H,9,11,14-15H2,1-4H3;3-9H,1-2H3;3-4,8-9H,5-7H2,1-2H3,(H2,13,14). The zero-order chi connectivity index (χ0) is 50.3. The van der Waals surface area contributed by atoms with E-state index in [-0.39, 0.29) is 17.1 Å². The van der Waals surface area contributed by atoms with Crippen LogP contribution in [0.3, 0.4) is 0 Å². The number of nitrogen functional groups attached to an aromatic ring is 1. The number of hydrogen-bond acceptors (Lipinski definition) is 13. The van der Waals surface area contributed by atoms with Crippen LogP contribution in [0.15, 0.2) is 110 Å². The Balaban J connectivity index is 0.000000158. The van der Waals surface area contributed by atoms with Crippen LogP contribution >= 0.6 is 11.6 Å². The Kier molecular flexibility index (Phi) is 15.7. The molecule has 8 aromatic heterocycles. The van der Waals surface area contributed by atoms with E-state index in [4.69, 9.17) is 22.3 Å². The molecule has 71 heavy (non-hydrogen) atoms. The predicted molar refractivity (Wildman–Crippen MR) is 279 cm³/mol. The molecule has 0 radical (unpaired) electrons. The minimum Gasteiger partial charge on any atom is -0.384 e. The van der Waals surface area contributed by atoms with E-state index in [1.165, 1.54) is 11.1 Å². The van der Waals surface area contributed by atoms with Gasteiger partial charge in [-0.15, -0.1) is 0 Å². The van der Waals surface area contributed by atoms with Crippen LogP contribution in [-0.2, 0) is 16.0 Å². The third kappa shape index (κ3) is 12.0. The lowest BCUT2D eigenvalue weighted by Gasteiger charge is -2.34. The van der Waals surface area contributed by atoms with Crippen LogP contribution < -0.4 is 15.5 Å². The van der Waals surface area contributed by atoms with Crippen molar-refractivity contribution in [2.45, 2.75) is 83.7 Å².